The van der Waals surface area contributed by atoms with Gasteiger partial charge in [-0.05, 0) is 18.4 Å². The van der Waals surface area contributed by atoms with Gasteiger partial charge >= 0.3 is 0 Å². The molecule has 1 aliphatic carbocycles. The van der Waals surface area contributed by atoms with Crippen LogP contribution in [0.15, 0.2) is 30.3 Å². The van der Waals surface area contributed by atoms with Crippen LogP contribution in [0.3, 0.4) is 0 Å². The van der Waals surface area contributed by atoms with Gasteiger partial charge in [0.25, 0.3) is 0 Å². The number of nitrogens with zero attached hydrogens (tertiary/aromatic N) is 1. The van der Waals surface area contributed by atoms with E-state index in [0.29, 0.717) is 13.1 Å². The Labute approximate surface area is 148 Å². The van der Waals surface area contributed by atoms with Crippen LogP contribution in [-0.2, 0) is 16.1 Å². The van der Waals surface area contributed by atoms with E-state index in [1.165, 1.54) is 0 Å². The molecule has 1 aromatic rings. The standard InChI is InChI=1S/C19H27N3O3/c23-14-19(8-4-5-9-19)21-17(24)12-16-18(25)20-10-11-22(16)13-15-6-2-1-3-7-15/h1-3,6-7,16,23H,4-5,8-14H2,(H,20,25)(H,21,24). The van der Waals surface area contributed by atoms with Crippen LogP contribution in [0.25, 0.3) is 0 Å². The minimum Gasteiger partial charge on any atom is -0.394 e. The molecule has 25 heavy (non-hydrogen) atoms. The number of benzene rings is 1. The Morgan fingerprint density at radius 3 is 2.68 bits per heavy atom. The number of piperazine rings is 1. The monoisotopic (exact) mass is 345 g/mol. The van der Waals surface area contributed by atoms with Crippen molar-refractivity contribution in [2.45, 2.75) is 50.2 Å². The zero-order valence-electron chi connectivity index (χ0n) is 14.5. The van der Waals surface area contributed by atoms with Crippen LogP contribution in [0, 0.1) is 0 Å². The van der Waals surface area contributed by atoms with E-state index >= 15 is 0 Å². The summed E-state index contributed by atoms with van der Waals surface area (Å²) >= 11 is 0. The molecule has 0 aromatic heterocycles. The maximum absolute atomic E-state index is 12.5. The molecular formula is C19H27N3O3. The van der Waals surface area contributed by atoms with Gasteiger partial charge in [0.1, 0.15) is 0 Å². The molecule has 3 rings (SSSR count). The summed E-state index contributed by atoms with van der Waals surface area (Å²) in [6.07, 6.45) is 3.77. The molecule has 2 fully saturated rings. The van der Waals surface area contributed by atoms with Gasteiger partial charge in [-0.3, -0.25) is 14.5 Å². The molecule has 2 amide bonds. The molecule has 6 nitrogen and oxygen atoms in total. The summed E-state index contributed by atoms with van der Waals surface area (Å²) in [6.45, 7) is 1.94. The maximum atomic E-state index is 12.5. The first kappa shape index (κ1) is 17.9. The molecule has 0 bridgehead atoms. The average Bonchev–Trinajstić information content (AvgIpc) is 3.08. The third-order valence-electron chi connectivity index (χ3n) is 5.32. The number of aliphatic hydroxyl groups is 1. The van der Waals surface area contributed by atoms with Gasteiger partial charge in [-0.2, -0.15) is 0 Å². The summed E-state index contributed by atoms with van der Waals surface area (Å²) < 4.78 is 0. The van der Waals surface area contributed by atoms with Crippen molar-refractivity contribution >= 4 is 11.8 Å². The highest BCUT2D eigenvalue weighted by Crippen LogP contribution is 2.29. The second-order valence-corrected chi connectivity index (χ2v) is 7.16. The summed E-state index contributed by atoms with van der Waals surface area (Å²) in [6, 6.07) is 9.52. The second kappa shape index (κ2) is 7.97. The van der Waals surface area contributed by atoms with Crippen LogP contribution >= 0.6 is 0 Å². The van der Waals surface area contributed by atoms with Crippen molar-refractivity contribution in [2.24, 2.45) is 0 Å². The van der Waals surface area contributed by atoms with Crippen molar-refractivity contribution in [3.05, 3.63) is 35.9 Å². The summed E-state index contributed by atoms with van der Waals surface area (Å²) in [5, 5.41) is 15.5. The summed E-state index contributed by atoms with van der Waals surface area (Å²) in [5.74, 6) is -0.252. The molecule has 1 unspecified atom stereocenters. The van der Waals surface area contributed by atoms with Crippen LogP contribution in [-0.4, -0.2) is 53.1 Å². The minimum atomic E-state index is -0.494. The van der Waals surface area contributed by atoms with E-state index in [4.69, 9.17) is 0 Å². The molecule has 1 aromatic carbocycles. The van der Waals surface area contributed by atoms with E-state index in [2.05, 4.69) is 15.5 Å². The van der Waals surface area contributed by atoms with Crippen molar-refractivity contribution in [2.75, 3.05) is 19.7 Å². The van der Waals surface area contributed by atoms with E-state index in [1.807, 2.05) is 30.3 Å². The van der Waals surface area contributed by atoms with Crippen molar-refractivity contribution in [3.8, 4) is 0 Å². The Morgan fingerprint density at radius 2 is 2.00 bits per heavy atom. The van der Waals surface area contributed by atoms with Crippen molar-refractivity contribution in [1.82, 2.24) is 15.5 Å². The SMILES string of the molecule is O=C(CC1C(=O)NCCN1Cc1ccccc1)NC1(CO)CCCC1. The summed E-state index contributed by atoms with van der Waals surface area (Å²) in [4.78, 5) is 26.9. The largest absolute Gasteiger partial charge is 0.394 e. The summed E-state index contributed by atoms with van der Waals surface area (Å²) in [7, 11) is 0. The third kappa shape index (κ3) is 4.38. The Morgan fingerprint density at radius 1 is 1.28 bits per heavy atom. The molecule has 1 aliphatic heterocycles. The normalized spacial score (nSPS) is 23.2. The number of amides is 2. The maximum Gasteiger partial charge on any atom is 0.237 e. The van der Waals surface area contributed by atoms with Crippen molar-refractivity contribution in [3.63, 3.8) is 0 Å². The molecular weight excluding hydrogens is 318 g/mol. The average molecular weight is 345 g/mol. The topological polar surface area (TPSA) is 81.7 Å². The number of hydrogen-bond acceptors (Lipinski definition) is 4. The number of aliphatic hydroxyl groups excluding tert-OH is 1. The van der Waals surface area contributed by atoms with E-state index in [0.717, 1.165) is 37.8 Å². The molecule has 3 N–H and O–H groups in total. The summed E-state index contributed by atoms with van der Waals surface area (Å²) in [5.41, 5.74) is 0.636. The highest BCUT2D eigenvalue weighted by molar-refractivity contribution is 5.89. The quantitative estimate of drug-likeness (QED) is 0.712. The molecule has 136 valence electrons. The predicted octanol–water partition coefficient (Wildman–Crippen LogP) is 0.798. The lowest BCUT2D eigenvalue weighted by Crippen LogP contribution is -2.57. The molecule has 1 saturated carbocycles. The first-order valence-electron chi connectivity index (χ1n) is 9.09. The van der Waals surface area contributed by atoms with Crippen molar-refractivity contribution < 1.29 is 14.7 Å². The van der Waals surface area contributed by atoms with Gasteiger partial charge in [0.15, 0.2) is 0 Å². The van der Waals surface area contributed by atoms with E-state index in [1.54, 1.807) is 0 Å². The third-order valence-corrected chi connectivity index (χ3v) is 5.32. The van der Waals surface area contributed by atoms with Crippen LogP contribution < -0.4 is 10.6 Å². The Balaban J connectivity index is 1.64. The van der Waals surface area contributed by atoms with E-state index in [-0.39, 0.29) is 24.8 Å². The zero-order chi connectivity index (χ0) is 17.7. The number of nitrogens with one attached hydrogen (secondary N) is 2. The van der Waals surface area contributed by atoms with Gasteiger partial charge in [0, 0.05) is 19.6 Å². The van der Waals surface area contributed by atoms with Gasteiger partial charge < -0.3 is 15.7 Å². The molecule has 6 heteroatoms. The second-order valence-electron chi connectivity index (χ2n) is 7.16. The predicted molar refractivity (Wildman–Crippen MR) is 94.7 cm³/mol. The lowest BCUT2D eigenvalue weighted by atomic mass is 9.97. The lowest BCUT2D eigenvalue weighted by molar-refractivity contribution is -0.135. The zero-order valence-corrected chi connectivity index (χ0v) is 14.5. The first-order chi connectivity index (χ1) is 12.1. The smallest absolute Gasteiger partial charge is 0.237 e. The van der Waals surface area contributed by atoms with Gasteiger partial charge in [-0.15, -0.1) is 0 Å². The molecule has 1 saturated heterocycles. The Kier molecular flexibility index (Phi) is 5.71. The minimum absolute atomic E-state index is 0.0384. The fourth-order valence-corrected chi connectivity index (χ4v) is 3.89. The van der Waals surface area contributed by atoms with Crippen LogP contribution in [0.2, 0.25) is 0 Å². The molecule has 0 spiro atoms. The molecule has 2 aliphatic rings. The Bertz CT molecular complexity index is 599. The van der Waals surface area contributed by atoms with Gasteiger partial charge in [-0.25, -0.2) is 0 Å². The van der Waals surface area contributed by atoms with Crippen LogP contribution in [0.1, 0.15) is 37.7 Å². The molecule has 1 atom stereocenters. The lowest BCUT2D eigenvalue weighted by Gasteiger charge is -2.36. The highest BCUT2D eigenvalue weighted by Gasteiger charge is 2.37. The number of carbonyl (C=O) groups excluding carboxylic acids is 2. The van der Waals surface area contributed by atoms with Gasteiger partial charge in [-0.1, -0.05) is 43.2 Å². The van der Waals surface area contributed by atoms with E-state index < -0.39 is 11.6 Å². The first-order valence-corrected chi connectivity index (χ1v) is 9.09. The van der Waals surface area contributed by atoms with Gasteiger partial charge in [0.05, 0.1) is 24.6 Å². The fraction of sp³-hybridized carbons (Fsp3) is 0.579. The van der Waals surface area contributed by atoms with Crippen molar-refractivity contribution in [1.29, 1.82) is 0 Å². The number of rotatable bonds is 6. The molecule has 0 radical (unpaired) electrons. The highest BCUT2D eigenvalue weighted by atomic mass is 16.3. The Hall–Kier alpha value is -1.92. The number of hydrogen-bond donors (Lipinski definition) is 3. The van der Waals surface area contributed by atoms with Crippen LogP contribution in [0.4, 0.5) is 0 Å². The van der Waals surface area contributed by atoms with Gasteiger partial charge in [0.2, 0.25) is 11.8 Å². The molecule has 1 heterocycles. The van der Waals surface area contributed by atoms with Crippen LogP contribution in [0.5, 0.6) is 0 Å². The van der Waals surface area contributed by atoms with E-state index in [9.17, 15) is 14.7 Å². The fourth-order valence-electron chi connectivity index (χ4n) is 3.89. The number of carbonyl (C=O) groups is 2.